The Labute approximate surface area is 101 Å². The van der Waals surface area contributed by atoms with Crippen molar-refractivity contribution in [3.63, 3.8) is 0 Å². The standard InChI is InChI=1S/C11H8ClFN2O2/c12-10-14-6-4-8(15-10)11(13)5-2-1-3-7(11)9(16)17/h1-7H,(H,16,17). The predicted molar refractivity (Wildman–Crippen MR) is 59.2 cm³/mol. The van der Waals surface area contributed by atoms with Crippen molar-refractivity contribution in [1.29, 1.82) is 0 Å². The molecule has 1 heterocycles. The third-order valence-electron chi connectivity index (χ3n) is 2.49. The molecular weight excluding hydrogens is 247 g/mol. The summed E-state index contributed by atoms with van der Waals surface area (Å²) in [6, 6.07) is 1.31. The lowest BCUT2D eigenvalue weighted by atomic mass is 9.83. The predicted octanol–water partition coefficient (Wildman–Crippen LogP) is 2.12. The summed E-state index contributed by atoms with van der Waals surface area (Å²) in [6.45, 7) is 0. The summed E-state index contributed by atoms with van der Waals surface area (Å²) in [5.74, 6) is -2.58. The molecule has 0 bridgehead atoms. The van der Waals surface area contributed by atoms with Crippen molar-refractivity contribution in [3.05, 3.63) is 47.5 Å². The van der Waals surface area contributed by atoms with Crippen LogP contribution in [0.4, 0.5) is 4.39 Å². The van der Waals surface area contributed by atoms with Gasteiger partial charge >= 0.3 is 5.97 Å². The molecule has 4 nitrogen and oxygen atoms in total. The maximum Gasteiger partial charge on any atom is 0.314 e. The summed E-state index contributed by atoms with van der Waals surface area (Å²) in [5, 5.41) is 8.88. The first-order valence-electron chi connectivity index (χ1n) is 4.81. The van der Waals surface area contributed by atoms with E-state index in [0.29, 0.717) is 0 Å². The Morgan fingerprint density at radius 3 is 2.94 bits per heavy atom. The quantitative estimate of drug-likeness (QED) is 0.821. The highest BCUT2D eigenvalue weighted by molar-refractivity contribution is 6.28. The normalized spacial score (nSPS) is 27.1. The average Bonchev–Trinajstić information content (AvgIpc) is 2.29. The lowest BCUT2D eigenvalue weighted by molar-refractivity contribution is -0.144. The summed E-state index contributed by atoms with van der Waals surface area (Å²) >= 11 is 5.57. The molecule has 0 saturated heterocycles. The van der Waals surface area contributed by atoms with Gasteiger partial charge in [0.1, 0.15) is 5.92 Å². The molecule has 0 radical (unpaired) electrons. The molecule has 6 heteroatoms. The summed E-state index contributed by atoms with van der Waals surface area (Å²) in [4.78, 5) is 18.4. The molecule has 2 rings (SSSR count). The minimum Gasteiger partial charge on any atom is -0.481 e. The number of hydrogen-bond donors (Lipinski definition) is 1. The van der Waals surface area contributed by atoms with E-state index in [4.69, 9.17) is 16.7 Å². The first-order chi connectivity index (χ1) is 8.04. The fraction of sp³-hybridized carbons (Fsp3) is 0.182. The smallest absolute Gasteiger partial charge is 0.314 e. The number of aromatic nitrogens is 2. The Hall–Kier alpha value is -1.75. The molecule has 1 aromatic rings. The third kappa shape index (κ3) is 2.06. The van der Waals surface area contributed by atoms with E-state index in [1.807, 2.05) is 0 Å². The van der Waals surface area contributed by atoms with Crippen molar-refractivity contribution >= 4 is 17.6 Å². The van der Waals surface area contributed by atoms with Crippen molar-refractivity contribution in [2.24, 2.45) is 5.92 Å². The number of rotatable bonds is 2. The zero-order chi connectivity index (χ0) is 12.5. The second-order valence-electron chi connectivity index (χ2n) is 3.54. The third-order valence-corrected chi connectivity index (χ3v) is 2.67. The highest BCUT2D eigenvalue weighted by atomic mass is 35.5. The van der Waals surface area contributed by atoms with Crippen LogP contribution in [0, 0.1) is 5.92 Å². The lowest BCUT2D eigenvalue weighted by Crippen LogP contribution is -2.35. The zero-order valence-electron chi connectivity index (χ0n) is 8.55. The molecule has 0 amide bonds. The van der Waals surface area contributed by atoms with Gasteiger partial charge in [-0.25, -0.2) is 14.4 Å². The van der Waals surface area contributed by atoms with Gasteiger partial charge in [0.15, 0.2) is 5.67 Å². The molecule has 2 unspecified atom stereocenters. The Balaban J connectivity index is 2.50. The van der Waals surface area contributed by atoms with Crippen molar-refractivity contribution < 1.29 is 14.3 Å². The Morgan fingerprint density at radius 2 is 2.29 bits per heavy atom. The number of halogens is 2. The van der Waals surface area contributed by atoms with E-state index in [-0.39, 0.29) is 11.0 Å². The minimum absolute atomic E-state index is 0.0644. The molecule has 1 N–H and O–H groups in total. The van der Waals surface area contributed by atoms with Gasteiger partial charge in [-0.3, -0.25) is 4.79 Å². The molecule has 1 aliphatic carbocycles. The molecular formula is C11H8ClFN2O2. The van der Waals surface area contributed by atoms with Crippen LogP contribution in [-0.2, 0) is 10.5 Å². The van der Waals surface area contributed by atoms with Crippen molar-refractivity contribution in [2.45, 2.75) is 5.67 Å². The zero-order valence-corrected chi connectivity index (χ0v) is 9.30. The average molecular weight is 255 g/mol. The SMILES string of the molecule is O=C(O)C1C=CC=CC1(F)c1ccnc(Cl)n1. The maximum absolute atomic E-state index is 14.7. The minimum atomic E-state index is -2.20. The fourth-order valence-corrected chi connectivity index (χ4v) is 1.82. The molecule has 0 aliphatic heterocycles. The van der Waals surface area contributed by atoms with Crippen LogP contribution in [0.3, 0.4) is 0 Å². The number of carboxylic acid groups (broad SMARTS) is 1. The number of hydrogen-bond acceptors (Lipinski definition) is 3. The van der Waals surface area contributed by atoms with E-state index < -0.39 is 17.6 Å². The highest BCUT2D eigenvalue weighted by Crippen LogP contribution is 2.38. The largest absolute Gasteiger partial charge is 0.481 e. The van der Waals surface area contributed by atoms with E-state index in [1.54, 1.807) is 0 Å². The second kappa shape index (κ2) is 4.25. The molecule has 1 aliphatic rings. The number of allylic oxidation sites excluding steroid dienone is 3. The van der Waals surface area contributed by atoms with Crippen LogP contribution >= 0.6 is 11.6 Å². The van der Waals surface area contributed by atoms with Crippen LogP contribution in [0.2, 0.25) is 5.28 Å². The molecule has 0 saturated carbocycles. The van der Waals surface area contributed by atoms with Crippen LogP contribution in [0.15, 0.2) is 36.6 Å². The molecule has 1 aromatic heterocycles. The van der Waals surface area contributed by atoms with Crippen LogP contribution < -0.4 is 0 Å². The summed E-state index contributed by atoms with van der Waals surface area (Å²) in [5.41, 5.74) is -2.27. The van der Waals surface area contributed by atoms with Crippen LogP contribution in [0.1, 0.15) is 5.69 Å². The number of alkyl halides is 1. The van der Waals surface area contributed by atoms with Crippen molar-refractivity contribution in [3.8, 4) is 0 Å². The number of aliphatic carboxylic acids is 1. The molecule has 0 fully saturated rings. The van der Waals surface area contributed by atoms with E-state index in [9.17, 15) is 9.18 Å². The maximum atomic E-state index is 14.7. The Kier molecular flexibility index (Phi) is 2.93. The van der Waals surface area contributed by atoms with Gasteiger partial charge in [0.2, 0.25) is 5.28 Å². The molecule has 17 heavy (non-hydrogen) atoms. The summed E-state index contributed by atoms with van der Waals surface area (Å²) in [6.07, 6.45) is 6.65. The number of carboxylic acids is 1. The monoisotopic (exact) mass is 254 g/mol. The molecule has 0 spiro atoms. The van der Waals surface area contributed by atoms with Gasteiger partial charge in [-0.05, 0) is 23.7 Å². The first-order valence-corrected chi connectivity index (χ1v) is 5.18. The Morgan fingerprint density at radius 1 is 1.53 bits per heavy atom. The highest BCUT2D eigenvalue weighted by Gasteiger charge is 2.44. The summed E-state index contributed by atoms with van der Waals surface area (Å²) in [7, 11) is 0. The van der Waals surface area contributed by atoms with E-state index in [2.05, 4.69) is 9.97 Å². The van der Waals surface area contributed by atoms with E-state index in [0.717, 1.165) is 6.08 Å². The van der Waals surface area contributed by atoms with Gasteiger partial charge < -0.3 is 5.11 Å². The van der Waals surface area contributed by atoms with E-state index >= 15 is 0 Å². The second-order valence-corrected chi connectivity index (χ2v) is 3.88. The lowest BCUT2D eigenvalue weighted by Gasteiger charge is -2.27. The van der Waals surface area contributed by atoms with Crippen molar-refractivity contribution in [1.82, 2.24) is 9.97 Å². The van der Waals surface area contributed by atoms with Gasteiger partial charge in [0.05, 0.1) is 5.69 Å². The molecule has 88 valence electrons. The fourth-order valence-electron chi connectivity index (χ4n) is 1.67. The van der Waals surface area contributed by atoms with Crippen LogP contribution in [0.25, 0.3) is 0 Å². The molecule has 0 aromatic carbocycles. The van der Waals surface area contributed by atoms with Gasteiger partial charge in [-0.1, -0.05) is 18.2 Å². The number of carbonyl (C=O) groups is 1. The molecule has 2 atom stereocenters. The van der Waals surface area contributed by atoms with Crippen LogP contribution in [-0.4, -0.2) is 21.0 Å². The van der Waals surface area contributed by atoms with Crippen molar-refractivity contribution in [2.75, 3.05) is 0 Å². The van der Waals surface area contributed by atoms with Crippen LogP contribution in [0.5, 0.6) is 0 Å². The summed E-state index contributed by atoms with van der Waals surface area (Å²) < 4.78 is 14.7. The number of nitrogens with zero attached hydrogens (tertiary/aromatic N) is 2. The van der Waals surface area contributed by atoms with E-state index in [1.165, 1.54) is 30.5 Å². The Bertz CT molecular complexity index is 518. The van der Waals surface area contributed by atoms with Gasteiger partial charge in [-0.15, -0.1) is 0 Å². The first kappa shape index (κ1) is 11.7. The topological polar surface area (TPSA) is 63.1 Å². The van der Waals surface area contributed by atoms with Gasteiger partial charge in [-0.2, -0.15) is 0 Å². The van der Waals surface area contributed by atoms with Gasteiger partial charge in [0.25, 0.3) is 0 Å². The van der Waals surface area contributed by atoms with Gasteiger partial charge in [0, 0.05) is 6.20 Å².